The van der Waals surface area contributed by atoms with Crippen LogP contribution in [0, 0.1) is 10.1 Å². The molecule has 2 aromatic rings. The molecule has 0 fully saturated rings. The van der Waals surface area contributed by atoms with E-state index in [0.717, 1.165) is 5.56 Å². The van der Waals surface area contributed by atoms with E-state index in [1.54, 1.807) is 6.92 Å². The molecular weight excluding hydrogens is 350 g/mol. The molecule has 0 saturated heterocycles. The summed E-state index contributed by atoms with van der Waals surface area (Å²) < 4.78 is 4.92. The maximum atomic E-state index is 12.5. The van der Waals surface area contributed by atoms with E-state index in [1.165, 1.54) is 29.3 Å². The zero-order chi connectivity index (χ0) is 19.4. The molecule has 0 saturated carbocycles. The molecule has 8 heteroatoms. The number of carbonyl (C=O) groups is 2. The smallest absolute Gasteiger partial charge is 0.362 e. The van der Waals surface area contributed by atoms with Crippen LogP contribution in [0.1, 0.15) is 24.9 Å². The first kappa shape index (κ1) is 18.2. The summed E-state index contributed by atoms with van der Waals surface area (Å²) in [6, 6.07) is 14.6. The van der Waals surface area contributed by atoms with Gasteiger partial charge in [0.2, 0.25) is 5.71 Å². The van der Waals surface area contributed by atoms with Gasteiger partial charge in [-0.25, -0.2) is 4.79 Å². The number of ether oxygens (including phenoxy) is 1. The summed E-state index contributed by atoms with van der Waals surface area (Å²) in [5.74, 6) is -1.18. The number of non-ortho nitro benzene ring substituents is 1. The van der Waals surface area contributed by atoms with Gasteiger partial charge in [-0.2, -0.15) is 5.10 Å². The highest BCUT2D eigenvalue weighted by Gasteiger charge is 2.35. The zero-order valence-electron chi connectivity index (χ0n) is 14.6. The van der Waals surface area contributed by atoms with Crippen molar-refractivity contribution in [2.75, 3.05) is 11.6 Å². The Balaban J connectivity index is 2.05. The largest absolute Gasteiger partial charge is 0.461 e. The van der Waals surface area contributed by atoms with E-state index in [2.05, 4.69) is 5.10 Å². The van der Waals surface area contributed by atoms with Crippen molar-refractivity contribution in [2.45, 2.75) is 19.4 Å². The fourth-order valence-electron chi connectivity index (χ4n) is 2.85. The van der Waals surface area contributed by atoms with Crippen molar-refractivity contribution < 1.29 is 19.2 Å². The number of Topliss-reactive ketones (excluding diaryl/α,β-unsaturated/α-hetero) is 1. The summed E-state index contributed by atoms with van der Waals surface area (Å²) in [6.07, 6.45) is 0.0403. The van der Waals surface area contributed by atoms with Crippen LogP contribution in [0.4, 0.5) is 11.4 Å². The number of nitro groups is 1. The number of benzene rings is 2. The summed E-state index contributed by atoms with van der Waals surface area (Å²) in [7, 11) is 0. The summed E-state index contributed by atoms with van der Waals surface area (Å²) in [4.78, 5) is 34.9. The predicted octanol–water partition coefficient (Wildman–Crippen LogP) is 3.03. The maximum absolute atomic E-state index is 12.5. The lowest BCUT2D eigenvalue weighted by atomic mass is 9.96. The van der Waals surface area contributed by atoms with Crippen molar-refractivity contribution in [1.82, 2.24) is 0 Å². The van der Waals surface area contributed by atoms with Gasteiger partial charge in [0.25, 0.3) is 5.69 Å². The quantitative estimate of drug-likeness (QED) is 0.457. The van der Waals surface area contributed by atoms with Crippen LogP contribution >= 0.6 is 0 Å². The zero-order valence-corrected chi connectivity index (χ0v) is 14.6. The Labute approximate surface area is 155 Å². The molecule has 0 bridgehead atoms. The highest BCUT2D eigenvalue weighted by molar-refractivity contribution is 6.64. The molecule has 1 unspecified atom stereocenters. The Kier molecular flexibility index (Phi) is 5.25. The fraction of sp³-hybridized carbons (Fsp3) is 0.211. The van der Waals surface area contributed by atoms with Crippen molar-refractivity contribution in [3.8, 4) is 0 Å². The van der Waals surface area contributed by atoms with Crippen molar-refractivity contribution in [1.29, 1.82) is 0 Å². The second kappa shape index (κ2) is 7.77. The van der Waals surface area contributed by atoms with Crippen LogP contribution in [0.5, 0.6) is 0 Å². The van der Waals surface area contributed by atoms with Gasteiger partial charge in [-0.15, -0.1) is 0 Å². The molecule has 3 rings (SSSR count). The first-order valence-corrected chi connectivity index (χ1v) is 8.38. The third kappa shape index (κ3) is 3.84. The first-order chi connectivity index (χ1) is 13.0. The molecule has 138 valence electrons. The minimum absolute atomic E-state index is 0.0403. The Morgan fingerprint density at radius 1 is 1.22 bits per heavy atom. The van der Waals surface area contributed by atoms with Crippen LogP contribution in [0.25, 0.3) is 0 Å². The van der Waals surface area contributed by atoms with Crippen molar-refractivity contribution in [2.24, 2.45) is 5.10 Å². The monoisotopic (exact) mass is 367 g/mol. The molecule has 0 spiro atoms. The third-order valence-corrected chi connectivity index (χ3v) is 4.12. The number of hydrazone groups is 1. The van der Waals surface area contributed by atoms with E-state index >= 15 is 0 Å². The molecule has 0 aromatic heterocycles. The van der Waals surface area contributed by atoms with Crippen LogP contribution in [0.15, 0.2) is 59.7 Å². The molecular formula is C19H17N3O5. The number of anilines is 1. The van der Waals surface area contributed by atoms with Gasteiger partial charge in [0.1, 0.15) is 0 Å². The third-order valence-electron chi connectivity index (χ3n) is 4.12. The molecule has 1 atom stereocenters. The average Bonchev–Trinajstić information content (AvgIpc) is 2.68. The van der Waals surface area contributed by atoms with Crippen LogP contribution in [-0.4, -0.2) is 29.0 Å². The van der Waals surface area contributed by atoms with Gasteiger partial charge in [0.15, 0.2) is 5.78 Å². The summed E-state index contributed by atoms with van der Waals surface area (Å²) in [5.41, 5.74) is 1.04. The molecule has 1 aliphatic rings. The van der Waals surface area contributed by atoms with E-state index in [-0.39, 0.29) is 24.4 Å². The highest BCUT2D eigenvalue weighted by atomic mass is 16.6. The minimum atomic E-state index is -0.777. The topological polar surface area (TPSA) is 102 Å². The molecule has 0 aliphatic carbocycles. The second-order valence-corrected chi connectivity index (χ2v) is 5.84. The van der Waals surface area contributed by atoms with Crippen LogP contribution in [0.3, 0.4) is 0 Å². The van der Waals surface area contributed by atoms with Crippen LogP contribution in [0.2, 0.25) is 0 Å². The van der Waals surface area contributed by atoms with E-state index < -0.39 is 22.7 Å². The molecule has 2 aromatic carbocycles. The summed E-state index contributed by atoms with van der Waals surface area (Å²) in [5, 5.41) is 16.7. The molecule has 8 nitrogen and oxygen atoms in total. The predicted molar refractivity (Wildman–Crippen MR) is 98.5 cm³/mol. The van der Waals surface area contributed by atoms with Gasteiger partial charge in [-0.1, -0.05) is 30.3 Å². The lowest BCUT2D eigenvalue weighted by Crippen LogP contribution is -2.39. The molecule has 27 heavy (non-hydrogen) atoms. The van der Waals surface area contributed by atoms with Crippen molar-refractivity contribution in [3.05, 3.63) is 70.3 Å². The molecule has 1 heterocycles. The highest BCUT2D eigenvalue weighted by Crippen LogP contribution is 2.34. The Morgan fingerprint density at radius 3 is 2.48 bits per heavy atom. The van der Waals surface area contributed by atoms with E-state index in [9.17, 15) is 19.7 Å². The number of esters is 1. The second-order valence-electron chi connectivity index (χ2n) is 5.84. The van der Waals surface area contributed by atoms with Crippen LogP contribution < -0.4 is 5.01 Å². The lowest BCUT2D eigenvalue weighted by molar-refractivity contribution is -0.384. The van der Waals surface area contributed by atoms with Gasteiger partial charge in [0.05, 0.1) is 23.3 Å². The minimum Gasteiger partial charge on any atom is -0.461 e. The molecule has 0 radical (unpaired) electrons. The number of nitrogens with zero attached hydrogens (tertiary/aromatic N) is 3. The van der Waals surface area contributed by atoms with Gasteiger partial charge in [0, 0.05) is 18.6 Å². The Hall–Kier alpha value is -3.55. The van der Waals surface area contributed by atoms with Gasteiger partial charge >= 0.3 is 5.97 Å². The van der Waals surface area contributed by atoms with E-state index in [0.29, 0.717) is 5.69 Å². The van der Waals surface area contributed by atoms with Crippen molar-refractivity contribution >= 4 is 28.8 Å². The Bertz CT molecular complexity index is 893. The van der Waals surface area contributed by atoms with Gasteiger partial charge < -0.3 is 4.74 Å². The normalized spacial score (nSPS) is 16.6. The van der Waals surface area contributed by atoms with Crippen LogP contribution in [-0.2, 0) is 14.3 Å². The summed E-state index contributed by atoms with van der Waals surface area (Å²) >= 11 is 0. The standard InChI is InChI=1S/C19H17N3O5/c1-2-27-19(24)18-17(23)12-16(13-6-4-3-5-7-13)21(20-18)14-8-10-15(11-9-14)22(25)26/h3-11,16H,2,12H2,1H3. The number of nitro benzene ring substituents is 1. The fourth-order valence-corrected chi connectivity index (χ4v) is 2.85. The number of carbonyl (C=O) groups excluding carboxylic acids is 2. The summed E-state index contributed by atoms with van der Waals surface area (Å²) in [6.45, 7) is 1.78. The maximum Gasteiger partial charge on any atom is 0.362 e. The van der Waals surface area contributed by atoms with E-state index in [1.807, 2.05) is 30.3 Å². The number of ketones is 1. The Morgan fingerprint density at radius 2 is 1.89 bits per heavy atom. The van der Waals surface area contributed by atoms with Crippen molar-refractivity contribution in [3.63, 3.8) is 0 Å². The van der Waals surface area contributed by atoms with E-state index in [4.69, 9.17) is 4.74 Å². The molecule has 0 N–H and O–H groups in total. The molecule has 1 aliphatic heterocycles. The SMILES string of the molecule is CCOC(=O)C1=NN(c2ccc([N+](=O)[O-])cc2)C(c2ccccc2)CC1=O. The van der Waals surface area contributed by atoms with Gasteiger partial charge in [-0.05, 0) is 24.6 Å². The number of rotatable bonds is 5. The molecule has 0 amide bonds. The first-order valence-electron chi connectivity index (χ1n) is 8.38. The van der Waals surface area contributed by atoms with Gasteiger partial charge in [-0.3, -0.25) is 19.9 Å². The lowest BCUT2D eigenvalue weighted by Gasteiger charge is -2.33. The number of hydrogen-bond donors (Lipinski definition) is 0. The number of hydrogen-bond acceptors (Lipinski definition) is 7. The average molecular weight is 367 g/mol.